The lowest BCUT2D eigenvalue weighted by Crippen LogP contribution is -2.47. The van der Waals surface area contributed by atoms with Gasteiger partial charge in [0.2, 0.25) is 5.88 Å². The quantitative estimate of drug-likeness (QED) is 0.376. The minimum absolute atomic E-state index is 0.117. The van der Waals surface area contributed by atoms with Crippen LogP contribution < -0.4 is 10.2 Å². The van der Waals surface area contributed by atoms with E-state index in [2.05, 4.69) is 5.32 Å². The molecule has 0 bridgehead atoms. The van der Waals surface area contributed by atoms with Crippen LogP contribution in [0.5, 0.6) is 0 Å². The summed E-state index contributed by atoms with van der Waals surface area (Å²) in [7, 11) is 0. The summed E-state index contributed by atoms with van der Waals surface area (Å²) in [6.07, 6.45) is 1.98. The molecule has 1 N–H and O–H groups in total. The molecule has 2 aliphatic heterocycles. The molecule has 1 amide bonds. The normalized spacial score (nSPS) is 22.9. The van der Waals surface area contributed by atoms with Crippen molar-refractivity contribution in [2.75, 3.05) is 10.2 Å². The SMILES string of the molecule is CC1(C)CC(=O)C2=C(C1)N(c1ccco1)C(=O)C21C2=C(Nc3ccc([N+](=O)[O-])cc31)c1ccccc1C2=O. The average Bonchev–Trinajstić information content (AvgIpc) is 3.55. The van der Waals surface area contributed by atoms with E-state index in [0.29, 0.717) is 34.6 Å². The number of amides is 1. The molecule has 1 spiro atoms. The highest BCUT2D eigenvalue weighted by Crippen LogP contribution is 2.61. The number of ketones is 2. The fourth-order valence-corrected chi connectivity index (χ4v) is 6.52. The molecule has 0 saturated carbocycles. The van der Waals surface area contributed by atoms with Crippen LogP contribution in [0, 0.1) is 15.5 Å². The van der Waals surface area contributed by atoms with Crippen LogP contribution in [0.3, 0.4) is 0 Å². The Morgan fingerprint density at radius 2 is 1.74 bits per heavy atom. The van der Waals surface area contributed by atoms with Crippen LogP contribution in [0.1, 0.15) is 48.2 Å². The van der Waals surface area contributed by atoms with Crippen LogP contribution in [0.4, 0.5) is 17.3 Å². The maximum atomic E-state index is 14.9. The number of fused-ring (bicyclic) bond motifs is 6. The fourth-order valence-electron chi connectivity index (χ4n) is 6.52. The van der Waals surface area contributed by atoms with Gasteiger partial charge in [-0.05, 0) is 24.0 Å². The molecule has 9 nitrogen and oxygen atoms in total. The third kappa shape index (κ3) is 2.62. The third-order valence-electron chi connectivity index (χ3n) is 7.92. The second kappa shape index (κ2) is 7.16. The molecule has 0 radical (unpaired) electrons. The topological polar surface area (TPSA) is 123 Å². The van der Waals surface area contributed by atoms with Gasteiger partial charge in [0.25, 0.3) is 11.6 Å². The molecule has 0 saturated heterocycles. The second-order valence-electron chi connectivity index (χ2n) is 10.8. The predicted octanol–water partition coefficient (Wildman–Crippen LogP) is 5.15. The number of furan rings is 1. The van der Waals surface area contributed by atoms with Crippen molar-refractivity contribution < 1.29 is 23.7 Å². The van der Waals surface area contributed by atoms with Gasteiger partial charge in [-0.1, -0.05) is 38.1 Å². The molecule has 1 unspecified atom stereocenters. The summed E-state index contributed by atoms with van der Waals surface area (Å²) >= 11 is 0. The van der Waals surface area contributed by atoms with Gasteiger partial charge in [-0.3, -0.25) is 29.4 Å². The number of allylic oxidation sites excluding steroid dienone is 1. The van der Waals surface area contributed by atoms with Crippen molar-refractivity contribution in [3.63, 3.8) is 0 Å². The van der Waals surface area contributed by atoms with E-state index in [1.807, 2.05) is 13.8 Å². The first kappa shape index (κ1) is 22.4. The third-order valence-corrected chi connectivity index (χ3v) is 7.92. The number of nitrogens with one attached hydrogen (secondary N) is 1. The van der Waals surface area contributed by atoms with Gasteiger partial charge in [0.1, 0.15) is 5.41 Å². The first-order valence-electron chi connectivity index (χ1n) is 12.2. The maximum Gasteiger partial charge on any atom is 0.269 e. The minimum atomic E-state index is -1.87. The molecule has 2 aliphatic carbocycles. The summed E-state index contributed by atoms with van der Waals surface area (Å²) in [6.45, 7) is 3.90. The largest absolute Gasteiger partial charge is 0.448 e. The summed E-state index contributed by atoms with van der Waals surface area (Å²) in [5.41, 5.74) is 0.302. The highest BCUT2D eigenvalue weighted by atomic mass is 16.6. The van der Waals surface area contributed by atoms with E-state index >= 15 is 0 Å². The summed E-state index contributed by atoms with van der Waals surface area (Å²) in [6, 6.07) is 14.5. The molecule has 38 heavy (non-hydrogen) atoms. The lowest BCUT2D eigenvalue weighted by molar-refractivity contribution is -0.384. The van der Waals surface area contributed by atoms with Crippen LogP contribution in [0.15, 0.2) is 82.1 Å². The molecule has 3 heterocycles. The number of anilines is 2. The summed E-state index contributed by atoms with van der Waals surface area (Å²) < 4.78 is 5.66. The van der Waals surface area contributed by atoms with Gasteiger partial charge in [-0.2, -0.15) is 0 Å². The Balaban J connectivity index is 1.63. The van der Waals surface area contributed by atoms with E-state index in [1.54, 1.807) is 36.4 Å². The number of carbonyl (C=O) groups is 3. The molecule has 9 heteroatoms. The Morgan fingerprint density at radius 3 is 2.45 bits per heavy atom. The smallest absolute Gasteiger partial charge is 0.269 e. The predicted molar refractivity (Wildman–Crippen MR) is 137 cm³/mol. The fraction of sp³-hybridized carbons (Fsp3) is 0.207. The maximum absolute atomic E-state index is 14.9. The minimum Gasteiger partial charge on any atom is -0.448 e. The van der Waals surface area contributed by atoms with E-state index in [9.17, 15) is 24.5 Å². The van der Waals surface area contributed by atoms with Gasteiger partial charge in [0, 0.05) is 63.8 Å². The lowest BCUT2D eigenvalue weighted by atomic mass is 9.61. The van der Waals surface area contributed by atoms with Gasteiger partial charge in [0.15, 0.2) is 11.6 Å². The molecule has 188 valence electrons. The number of non-ortho nitro benzene ring substituents is 1. The summed E-state index contributed by atoms with van der Waals surface area (Å²) in [5.74, 6) is -0.992. The van der Waals surface area contributed by atoms with Gasteiger partial charge in [-0.25, -0.2) is 0 Å². The van der Waals surface area contributed by atoms with E-state index in [4.69, 9.17) is 4.42 Å². The first-order chi connectivity index (χ1) is 18.1. The van der Waals surface area contributed by atoms with Gasteiger partial charge < -0.3 is 9.73 Å². The summed E-state index contributed by atoms with van der Waals surface area (Å²) in [5, 5.41) is 15.1. The Kier molecular flexibility index (Phi) is 4.22. The van der Waals surface area contributed by atoms with Crippen molar-refractivity contribution in [1.29, 1.82) is 0 Å². The number of hydrogen-bond acceptors (Lipinski definition) is 7. The van der Waals surface area contributed by atoms with E-state index < -0.39 is 21.7 Å². The van der Waals surface area contributed by atoms with Crippen molar-refractivity contribution in [3.8, 4) is 0 Å². The zero-order valence-electron chi connectivity index (χ0n) is 20.5. The van der Waals surface area contributed by atoms with Crippen LogP contribution in [-0.2, 0) is 15.0 Å². The lowest BCUT2D eigenvalue weighted by Gasteiger charge is -2.38. The molecule has 1 aromatic heterocycles. The number of hydrogen-bond donors (Lipinski definition) is 1. The Hall–Kier alpha value is -4.79. The van der Waals surface area contributed by atoms with Crippen molar-refractivity contribution in [1.82, 2.24) is 0 Å². The number of nitro groups is 1. The summed E-state index contributed by atoms with van der Waals surface area (Å²) in [4.78, 5) is 55.7. The first-order valence-corrected chi connectivity index (χ1v) is 12.2. The molecule has 4 aliphatic rings. The molecule has 0 fully saturated rings. The van der Waals surface area contributed by atoms with Gasteiger partial charge >= 0.3 is 0 Å². The van der Waals surface area contributed by atoms with Gasteiger partial charge in [0.05, 0.1) is 16.9 Å². The average molecular weight is 508 g/mol. The number of rotatable bonds is 2. The zero-order valence-corrected chi connectivity index (χ0v) is 20.5. The van der Waals surface area contributed by atoms with Crippen LogP contribution in [-0.4, -0.2) is 22.4 Å². The van der Waals surface area contributed by atoms with Crippen molar-refractivity contribution >= 4 is 40.4 Å². The molecule has 7 rings (SSSR count). The van der Waals surface area contributed by atoms with Crippen molar-refractivity contribution in [2.24, 2.45) is 5.41 Å². The molecule has 3 aromatic rings. The zero-order chi connectivity index (χ0) is 26.6. The van der Waals surface area contributed by atoms with Crippen LogP contribution in [0.25, 0.3) is 5.70 Å². The molecule has 1 atom stereocenters. The van der Waals surface area contributed by atoms with E-state index in [0.717, 1.165) is 0 Å². The standard InChI is InChI=1S/C29H21N3O6/c1-28(2)13-20-23(21(33)14-28)29(27(35)31(20)22-8-5-11-38-22)18-12-15(32(36)37)9-10-19(18)30-25-16-6-3-4-7-17(16)26(34)24(25)29/h3-12,30H,13-14H2,1-2H3. The number of nitrogens with zero attached hydrogens (tertiary/aromatic N) is 2. The number of Topliss-reactive ketones (excluding diaryl/α,β-unsaturated/α-hetero) is 2. The highest BCUT2D eigenvalue weighted by molar-refractivity contribution is 6.33. The van der Waals surface area contributed by atoms with Crippen LogP contribution in [0.2, 0.25) is 0 Å². The highest BCUT2D eigenvalue weighted by Gasteiger charge is 2.66. The number of nitro benzene ring substituents is 1. The van der Waals surface area contributed by atoms with Crippen molar-refractivity contribution in [3.05, 3.63) is 105 Å². The number of benzene rings is 2. The van der Waals surface area contributed by atoms with Gasteiger partial charge in [-0.15, -0.1) is 0 Å². The molecule has 2 aromatic carbocycles. The Labute approximate surface area is 216 Å². The molecular weight excluding hydrogens is 486 g/mol. The molecular formula is C29H21N3O6. The second-order valence-corrected chi connectivity index (χ2v) is 10.8. The monoisotopic (exact) mass is 507 g/mol. The number of carbonyl (C=O) groups excluding carboxylic acids is 3. The van der Waals surface area contributed by atoms with Crippen molar-refractivity contribution in [2.45, 2.75) is 32.1 Å². The van der Waals surface area contributed by atoms with Crippen LogP contribution >= 0.6 is 0 Å². The van der Waals surface area contributed by atoms with E-state index in [1.165, 1.54) is 29.4 Å². The Morgan fingerprint density at radius 1 is 0.974 bits per heavy atom. The Bertz CT molecular complexity index is 1710. The van der Waals surface area contributed by atoms with E-state index in [-0.39, 0.29) is 46.3 Å².